The van der Waals surface area contributed by atoms with Crippen LogP contribution in [0, 0.1) is 6.92 Å². The van der Waals surface area contributed by atoms with Crippen LogP contribution in [0.25, 0.3) is 0 Å². The Balaban J connectivity index is 1.38. The van der Waals surface area contributed by atoms with Gasteiger partial charge in [-0.1, -0.05) is 11.8 Å². The van der Waals surface area contributed by atoms with Crippen molar-refractivity contribution in [3.63, 3.8) is 0 Å². The Bertz CT molecular complexity index is 858. The van der Waals surface area contributed by atoms with E-state index in [2.05, 4.69) is 40.6 Å². The lowest BCUT2D eigenvalue weighted by Crippen LogP contribution is -2.00. The van der Waals surface area contributed by atoms with Gasteiger partial charge in [-0.05, 0) is 55.0 Å². The number of nitrogens with one attached hydrogen (secondary N) is 1. The van der Waals surface area contributed by atoms with Gasteiger partial charge in [-0.15, -0.1) is 0 Å². The minimum atomic E-state index is -0.391. The van der Waals surface area contributed by atoms with Crippen LogP contribution >= 0.6 is 11.8 Å². The van der Waals surface area contributed by atoms with E-state index in [4.69, 9.17) is 13.9 Å². The summed E-state index contributed by atoms with van der Waals surface area (Å²) >= 11 is 1.64. The number of ether oxygens (including phenoxy) is 2. The highest BCUT2D eigenvalue weighted by atomic mass is 32.2. The minimum absolute atomic E-state index is 0.391. The number of hydrogen-bond donors (Lipinski definition) is 1. The number of hydrogen-bond acceptors (Lipinski definition) is 6. The van der Waals surface area contributed by atoms with Crippen LogP contribution in [0.4, 0.5) is 5.69 Å². The molecule has 1 aromatic carbocycles. The van der Waals surface area contributed by atoms with Crippen molar-refractivity contribution in [2.45, 2.75) is 29.5 Å². The summed E-state index contributed by atoms with van der Waals surface area (Å²) in [7, 11) is 0. The molecule has 1 aliphatic rings. The van der Waals surface area contributed by atoms with Crippen molar-refractivity contribution in [3.8, 4) is 0 Å². The zero-order chi connectivity index (χ0) is 17.8. The summed E-state index contributed by atoms with van der Waals surface area (Å²) in [6.45, 7) is 3.99. The van der Waals surface area contributed by atoms with E-state index in [-0.39, 0.29) is 0 Å². The number of rotatable bonds is 6. The van der Waals surface area contributed by atoms with Crippen molar-refractivity contribution < 1.29 is 13.9 Å². The van der Waals surface area contributed by atoms with Crippen molar-refractivity contribution in [1.82, 2.24) is 4.98 Å². The van der Waals surface area contributed by atoms with Crippen LogP contribution in [0.1, 0.15) is 23.3 Å². The Kier molecular flexibility index (Phi) is 5.24. The fraction of sp³-hybridized carbons (Fsp3) is 0.250. The second kappa shape index (κ2) is 7.95. The fourth-order valence-electron chi connectivity index (χ4n) is 2.76. The van der Waals surface area contributed by atoms with Gasteiger partial charge in [-0.2, -0.15) is 0 Å². The predicted molar refractivity (Wildman–Crippen MR) is 100 cm³/mol. The molecule has 1 saturated heterocycles. The molecule has 0 unspecified atom stereocenters. The van der Waals surface area contributed by atoms with E-state index in [0.29, 0.717) is 13.2 Å². The van der Waals surface area contributed by atoms with Gasteiger partial charge in [0, 0.05) is 29.0 Å². The summed E-state index contributed by atoms with van der Waals surface area (Å²) in [6.07, 6.45) is 3.12. The van der Waals surface area contributed by atoms with Crippen LogP contribution in [0.3, 0.4) is 0 Å². The molecule has 0 amide bonds. The quantitative estimate of drug-likeness (QED) is 0.675. The molecule has 2 aromatic heterocycles. The molecule has 3 heterocycles. The number of pyridine rings is 1. The number of furan rings is 1. The summed E-state index contributed by atoms with van der Waals surface area (Å²) < 4.78 is 16.6. The molecule has 0 radical (unpaired) electrons. The first kappa shape index (κ1) is 17.1. The van der Waals surface area contributed by atoms with E-state index in [0.717, 1.165) is 33.5 Å². The molecular weight excluding hydrogens is 348 g/mol. The normalized spacial score (nSPS) is 14.7. The van der Waals surface area contributed by atoms with Crippen LogP contribution in [-0.4, -0.2) is 18.2 Å². The van der Waals surface area contributed by atoms with E-state index in [1.807, 2.05) is 25.3 Å². The third-order valence-corrected chi connectivity index (χ3v) is 5.10. The minimum Gasteiger partial charge on any atom is -0.463 e. The molecule has 0 saturated carbocycles. The van der Waals surface area contributed by atoms with Crippen molar-refractivity contribution in [2.24, 2.45) is 0 Å². The number of nitrogens with zero attached hydrogens (tertiary/aromatic N) is 1. The van der Waals surface area contributed by atoms with Gasteiger partial charge in [0.1, 0.15) is 0 Å². The van der Waals surface area contributed by atoms with Gasteiger partial charge in [-0.3, -0.25) is 4.98 Å². The largest absolute Gasteiger partial charge is 0.463 e. The standard InChI is InChI=1S/C20H20N2O3S/c1-14-12-15(6-8-21-14)13-22-16-2-4-17(5-3-16)26-18-7-9-23-19(18)20-24-10-11-25-20/h2-9,12,20,22H,10-11,13H2,1H3. The first-order valence-electron chi connectivity index (χ1n) is 8.52. The topological polar surface area (TPSA) is 56.5 Å². The molecule has 1 N–H and O–H groups in total. The maximum Gasteiger partial charge on any atom is 0.218 e. The Labute approximate surface area is 156 Å². The SMILES string of the molecule is Cc1cc(CNc2ccc(Sc3ccoc3C3OCCO3)cc2)ccn1. The van der Waals surface area contributed by atoms with E-state index in [1.54, 1.807) is 18.0 Å². The maximum absolute atomic E-state index is 5.55. The van der Waals surface area contributed by atoms with Crippen molar-refractivity contribution >= 4 is 17.4 Å². The third kappa shape index (κ3) is 4.09. The Morgan fingerprint density at radius 2 is 1.92 bits per heavy atom. The lowest BCUT2D eigenvalue weighted by molar-refractivity contribution is -0.0611. The smallest absolute Gasteiger partial charge is 0.218 e. The highest BCUT2D eigenvalue weighted by molar-refractivity contribution is 7.99. The average Bonchev–Trinajstić information content (AvgIpc) is 3.32. The molecule has 3 aromatic rings. The first-order valence-corrected chi connectivity index (χ1v) is 9.33. The lowest BCUT2D eigenvalue weighted by Gasteiger charge is -2.10. The molecule has 0 bridgehead atoms. The summed E-state index contributed by atoms with van der Waals surface area (Å²) in [5.74, 6) is 0.739. The van der Waals surface area contributed by atoms with Gasteiger partial charge in [0.05, 0.1) is 24.4 Å². The maximum atomic E-state index is 5.55. The van der Waals surface area contributed by atoms with Crippen LogP contribution in [-0.2, 0) is 16.0 Å². The van der Waals surface area contributed by atoms with E-state index in [9.17, 15) is 0 Å². The zero-order valence-corrected chi connectivity index (χ0v) is 15.3. The molecule has 1 fully saturated rings. The molecular formula is C20H20N2O3S. The molecule has 26 heavy (non-hydrogen) atoms. The van der Waals surface area contributed by atoms with Gasteiger partial charge in [-0.25, -0.2) is 0 Å². The third-order valence-electron chi connectivity index (χ3n) is 4.03. The first-order chi connectivity index (χ1) is 12.8. The molecule has 6 heteroatoms. The monoisotopic (exact) mass is 368 g/mol. The summed E-state index contributed by atoms with van der Waals surface area (Å²) in [4.78, 5) is 6.37. The van der Waals surface area contributed by atoms with Crippen LogP contribution in [0.15, 0.2) is 69.1 Å². The van der Waals surface area contributed by atoms with Crippen LogP contribution in [0.2, 0.25) is 0 Å². The second-order valence-electron chi connectivity index (χ2n) is 6.01. The molecule has 1 aliphatic heterocycles. The second-order valence-corrected chi connectivity index (χ2v) is 7.12. The van der Waals surface area contributed by atoms with Gasteiger partial charge >= 0.3 is 0 Å². The fourth-order valence-corrected chi connectivity index (χ4v) is 3.66. The summed E-state index contributed by atoms with van der Waals surface area (Å²) in [6, 6.07) is 14.4. The molecule has 5 nitrogen and oxygen atoms in total. The number of benzene rings is 1. The van der Waals surface area contributed by atoms with Gasteiger partial charge < -0.3 is 19.2 Å². The number of aryl methyl sites for hydroxylation is 1. The predicted octanol–water partition coefficient (Wildman–Crippen LogP) is 4.79. The zero-order valence-electron chi connectivity index (χ0n) is 14.5. The molecule has 4 rings (SSSR count). The van der Waals surface area contributed by atoms with E-state index in [1.165, 1.54) is 5.56 Å². The van der Waals surface area contributed by atoms with Crippen molar-refractivity contribution in [1.29, 1.82) is 0 Å². The Morgan fingerprint density at radius 1 is 1.12 bits per heavy atom. The van der Waals surface area contributed by atoms with E-state index >= 15 is 0 Å². The number of anilines is 1. The van der Waals surface area contributed by atoms with E-state index < -0.39 is 6.29 Å². The van der Waals surface area contributed by atoms with Crippen LogP contribution < -0.4 is 5.32 Å². The Hall–Kier alpha value is -2.28. The summed E-state index contributed by atoms with van der Waals surface area (Å²) in [5, 5.41) is 3.43. The average molecular weight is 368 g/mol. The summed E-state index contributed by atoms with van der Waals surface area (Å²) in [5.41, 5.74) is 3.33. The lowest BCUT2D eigenvalue weighted by atomic mass is 10.2. The van der Waals surface area contributed by atoms with Gasteiger partial charge in [0.2, 0.25) is 6.29 Å². The van der Waals surface area contributed by atoms with Gasteiger partial charge in [0.25, 0.3) is 0 Å². The number of aromatic nitrogens is 1. The highest BCUT2D eigenvalue weighted by Gasteiger charge is 2.25. The van der Waals surface area contributed by atoms with Gasteiger partial charge in [0.15, 0.2) is 5.76 Å². The molecule has 134 valence electrons. The van der Waals surface area contributed by atoms with Crippen molar-refractivity contribution in [2.75, 3.05) is 18.5 Å². The van der Waals surface area contributed by atoms with Crippen LogP contribution in [0.5, 0.6) is 0 Å². The molecule has 0 spiro atoms. The molecule has 0 aliphatic carbocycles. The Morgan fingerprint density at radius 3 is 2.69 bits per heavy atom. The van der Waals surface area contributed by atoms with Crippen molar-refractivity contribution in [3.05, 3.63) is 71.9 Å². The molecule has 0 atom stereocenters. The highest BCUT2D eigenvalue weighted by Crippen LogP contribution is 2.37.